The zero-order valence-electron chi connectivity index (χ0n) is 9.49. The van der Waals surface area contributed by atoms with Gasteiger partial charge in [-0.2, -0.15) is 0 Å². The van der Waals surface area contributed by atoms with E-state index >= 15 is 0 Å². The lowest BCUT2D eigenvalue weighted by molar-refractivity contribution is -0.185. The van der Waals surface area contributed by atoms with Gasteiger partial charge in [-0.15, -0.1) is 0 Å². The molecule has 0 saturated carbocycles. The highest BCUT2D eigenvalue weighted by Crippen LogP contribution is 2.29. The predicted octanol–water partition coefficient (Wildman–Crippen LogP) is 1.08. The van der Waals surface area contributed by atoms with Crippen LogP contribution in [0.3, 0.4) is 0 Å². The summed E-state index contributed by atoms with van der Waals surface area (Å²) in [5.74, 6) is 0. The molecule has 17 heavy (non-hydrogen) atoms. The summed E-state index contributed by atoms with van der Waals surface area (Å²) in [7, 11) is 0. The fraction of sp³-hybridized carbons (Fsp3) is 0.538. The van der Waals surface area contributed by atoms with Crippen molar-refractivity contribution in [1.82, 2.24) is 0 Å². The third-order valence-corrected chi connectivity index (χ3v) is 3.24. The number of fused-ring (bicyclic) bond motifs is 2. The summed E-state index contributed by atoms with van der Waals surface area (Å²) >= 11 is 0. The van der Waals surface area contributed by atoms with Crippen molar-refractivity contribution in [3.8, 4) is 0 Å². The fourth-order valence-electron chi connectivity index (χ4n) is 2.34. The van der Waals surface area contributed by atoms with Gasteiger partial charge in [0.25, 0.3) is 0 Å². The summed E-state index contributed by atoms with van der Waals surface area (Å²) in [6.07, 6.45) is -0.659. The predicted molar refractivity (Wildman–Crippen MR) is 60.3 cm³/mol. The molecule has 4 atom stereocenters. The maximum atomic E-state index is 9.94. The van der Waals surface area contributed by atoms with Crippen LogP contribution in [0.2, 0.25) is 0 Å². The van der Waals surface area contributed by atoms with E-state index < -0.39 is 6.10 Å². The molecule has 1 N–H and O–H groups in total. The maximum absolute atomic E-state index is 9.94. The Balaban J connectivity index is 1.61. The van der Waals surface area contributed by atoms with Crippen LogP contribution < -0.4 is 0 Å². The summed E-state index contributed by atoms with van der Waals surface area (Å²) in [5, 5.41) is 9.94. The monoisotopic (exact) mass is 236 g/mol. The molecule has 2 aliphatic rings. The number of rotatable bonds is 3. The van der Waals surface area contributed by atoms with Gasteiger partial charge in [0.15, 0.2) is 6.29 Å². The SMILES string of the molecule is O[C@@H]1C[C@@H]2OC[C@@H](O2)[C@H]1OCc1ccccc1. The van der Waals surface area contributed by atoms with Gasteiger partial charge >= 0.3 is 0 Å². The molecule has 0 aromatic heterocycles. The average Bonchev–Trinajstić information content (AvgIpc) is 2.73. The third kappa shape index (κ3) is 2.35. The Kier molecular flexibility index (Phi) is 3.11. The molecular weight excluding hydrogens is 220 g/mol. The quantitative estimate of drug-likeness (QED) is 0.853. The molecule has 0 unspecified atom stereocenters. The first-order valence-electron chi connectivity index (χ1n) is 5.93. The lowest BCUT2D eigenvalue weighted by atomic mass is 10.0. The van der Waals surface area contributed by atoms with E-state index in [0.717, 1.165) is 5.56 Å². The van der Waals surface area contributed by atoms with Crippen molar-refractivity contribution in [1.29, 1.82) is 0 Å². The van der Waals surface area contributed by atoms with Crippen molar-refractivity contribution in [2.45, 2.75) is 37.6 Å². The van der Waals surface area contributed by atoms with E-state index in [1.54, 1.807) is 0 Å². The molecule has 92 valence electrons. The molecule has 0 radical (unpaired) electrons. The molecule has 1 aromatic rings. The molecule has 2 saturated heterocycles. The highest BCUT2D eigenvalue weighted by atomic mass is 16.7. The van der Waals surface area contributed by atoms with E-state index in [9.17, 15) is 5.11 Å². The lowest BCUT2D eigenvalue weighted by Crippen LogP contribution is -2.45. The zero-order valence-corrected chi connectivity index (χ0v) is 9.49. The van der Waals surface area contributed by atoms with Crippen LogP contribution in [0.15, 0.2) is 30.3 Å². The van der Waals surface area contributed by atoms with Gasteiger partial charge in [-0.3, -0.25) is 0 Å². The molecule has 2 heterocycles. The van der Waals surface area contributed by atoms with Crippen LogP contribution in [-0.2, 0) is 20.8 Å². The Labute approximate surface area is 100 Å². The summed E-state index contributed by atoms with van der Waals surface area (Å²) in [5.41, 5.74) is 1.10. The molecule has 2 aliphatic heterocycles. The van der Waals surface area contributed by atoms with Gasteiger partial charge in [-0.05, 0) is 5.56 Å². The van der Waals surface area contributed by atoms with Gasteiger partial charge in [0, 0.05) is 6.42 Å². The molecule has 4 heteroatoms. The van der Waals surface area contributed by atoms with Crippen molar-refractivity contribution in [2.24, 2.45) is 0 Å². The minimum Gasteiger partial charge on any atom is -0.390 e. The van der Waals surface area contributed by atoms with Crippen molar-refractivity contribution in [2.75, 3.05) is 6.61 Å². The first kappa shape index (κ1) is 11.2. The van der Waals surface area contributed by atoms with Crippen molar-refractivity contribution in [3.05, 3.63) is 35.9 Å². The van der Waals surface area contributed by atoms with Crippen LogP contribution in [0.25, 0.3) is 0 Å². The first-order valence-corrected chi connectivity index (χ1v) is 5.93. The summed E-state index contributed by atoms with van der Waals surface area (Å²) in [6, 6.07) is 9.92. The van der Waals surface area contributed by atoms with E-state index in [1.807, 2.05) is 30.3 Å². The van der Waals surface area contributed by atoms with Crippen LogP contribution in [-0.4, -0.2) is 36.3 Å². The number of hydrogen-bond donors (Lipinski definition) is 1. The van der Waals surface area contributed by atoms with Crippen LogP contribution in [0.1, 0.15) is 12.0 Å². The van der Waals surface area contributed by atoms with E-state index in [2.05, 4.69) is 0 Å². The van der Waals surface area contributed by atoms with Crippen molar-refractivity contribution in [3.63, 3.8) is 0 Å². The van der Waals surface area contributed by atoms with Crippen LogP contribution in [0, 0.1) is 0 Å². The molecular formula is C13H16O4. The normalized spacial score (nSPS) is 36.1. The van der Waals surface area contributed by atoms with Crippen LogP contribution in [0.4, 0.5) is 0 Å². The Morgan fingerprint density at radius 3 is 2.94 bits per heavy atom. The number of hydrogen-bond acceptors (Lipinski definition) is 4. The summed E-state index contributed by atoms with van der Waals surface area (Å²) in [6.45, 7) is 1.01. The molecule has 1 aromatic carbocycles. The van der Waals surface area contributed by atoms with Gasteiger partial charge in [0.2, 0.25) is 0 Å². The second-order valence-electron chi connectivity index (χ2n) is 4.50. The lowest BCUT2D eigenvalue weighted by Gasteiger charge is -2.31. The number of aliphatic hydroxyl groups excluding tert-OH is 1. The van der Waals surface area contributed by atoms with E-state index in [-0.39, 0.29) is 18.5 Å². The Bertz CT molecular complexity index is 367. The van der Waals surface area contributed by atoms with Gasteiger partial charge in [0.1, 0.15) is 12.2 Å². The van der Waals surface area contributed by atoms with Crippen molar-refractivity contribution < 1.29 is 19.3 Å². The molecule has 2 fully saturated rings. The molecule has 2 bridgehead atoms. The molecule has 4 nitrogen and oxygen atoms in total. The summed E-state index contributed by atoms with van der Waals surface area (Å²) < 4.78 is 16.7. The second-order valence-corrected chi connectivity index (χ2v) is 4.50. The first-order chi connectivity index (χ1) is 8.33. The largest absolute Gasteiger partial charge is 0.390 e. The molecule has 0 amide bonds. The molecule has 0 spiro atoms. The van der Waals surface area contributed by atoms with Gasteiger partial charge in [0.05, 0.1) is 19.3 Å². The standard InChI is InChI=1S/C13H16O4/c14-10-6-12-15-8-11(17-12)13(10)16-7-9-4-2-1-3-5-9/h1-5,10-14H,6-8H2/t10-,11-,12-,13+/m1/s1. The van der Waals surface area contributed by atoms with Crippen molar-refractivity contribution >= 4 is 0 Å². The minimum absolute atomic E-state index is 0.132. The molecule has 0 aliphatic carbocycles. The highest BCUT2D eigenvalue weighted by molar-refractivity contribution is 5.13. The number of benzene rings is 1. The molecule has 3 rings (SSSR count). The fourth-order valence-corrected chi connectivity index (χ4v) is 2.34. The Hall–Kier alpha value is -0.940. The van der Waals surface area contributed by atoms with Gasteiger partial charge in [-0.1, -0.05) is 30.3 Å². The van der Waals surface area contributed by atoms with Crippen LogP contribution in [0.5, 0.6) is 0 Å². The third-order valence-electron chi connectivity index (χ3n) is 3.24. The van der Waals surface area contributed by atoms with E-state index in [4.69, 9.17) is 14.2 Å². The van der Waals surface area contributed by atoms with E-state index in [0.29, 0.717) is 19.6 Å². The Morgan fingerprint density at radius 1 is 1.29 bits per heavy atom. The smallest absolute Gasteiger partial charge is 0.160 e. The van der Waals surface area contributed by atoms with E-state index in [1.165, 1.54) is 0 Å². The minimum atomic E-state index is -0.495. The zero-order chi connectivity index (χ0) is 11.7. The maximum Gasteiger partial charge on any atom is 0.160 e. The summed E-state index contributed by atoms with van der Waals surface area (Å²) in [4.78, 5) is 0. The highest BCUT2D eigenvalue weighted by Gasteiger charge is 2.43. The topological polar surface area (TPSA) is 47.9 Å². The average molecular weight is 236 g/mol. The second kappa shape index (κ2) is 4.74. The van der Waals surface area contributed by atoms with Crippen LogP contribution >= 0.6 is 0 Å². The number of ether oxygens (including phenoxy) is 3. The number of aliphatic hydroxyl groups is 1. The van der Waals surface area contributed by atoms with Gasteiger partial charge in [-0.25, -0.2) is 0 Å². The van der Waals surface area contributed by atoms with Gasteiger partial charge < -0.3 is 19.3 Å². The Morgan fingerprint density at radius 2 is 2.12 bits per heavy atom.